The average Bonchev–Trinajstić information content (AvgIpc) is 2.52. The molecule has 0 bridgehead atoms. The lowest BCUT2D eigenvalue weighted by Crippen LogP contribution is -2.14. The Labute approximate surface area is 119 Å². The maximum atomic E-state index is 9.24. The third kappa shape index (κ3) is 3.90. The van der Waals surface area contributed by atoms with Crippen LogP contribution in [0.25, 0.3) is 0 Å². The van der Waals surface area contributed by atoms with E-state index >= 15 is 0 Å². The zero-order chi connectivity index (χ0) is 14.2. The van der Waals surface area contributed by atoms with Crippen LogP contribution in [0.3, 0.4) is 0 Å². The van der Waals surface area contributed by atoms with E-state index in [2.05, 4.69) is 10.6 Å². The number of ether oxygens (including phenoxy) is 1. The maximum absolute atomic E-state index is 9.24. The Kier molecular flexibility index (Phi) is 5.26. The van der Waals surface area contributed by atoms with Gasteiger partial charge in [0.2, 0.25) is 0 Å². The van der Waals surface area contributed by atoms with Crippen LogP contribution in [-0.2, 0) is 6.61 Å². The molecular formula is C16H20N2O2. The molecule has 0 aliphatic heterocycles. The molecule has 2 aromatic rings. The summed E-state index contributed by atoms with van der Waals surface area (Å²) in [5, 5.41) is 15.9. The average molecular weight is 272 g/mol. The lowest BCUT2D eigenvalue weighted by Gasteiger charge is -2.12. The number of nitrogens with one attached hydrogen (secondary N) is 2. The minimum atomic E-state index is 0.0481. The van der Waals surface area contributed by atoms with Gasteiger partial charge in [-0.25, -0.2) is 0 Å². The summed E-state index contributed by atoms with van der Waals surface area (Å²) in [6.45, 7) is 1.60. The van der Waals surface area contributed by atoms with Gasteiger partial charge in [-0.3, -0.25) is 0 Å². The molecule has 0 atom stereocenters. The number of aliphatic hydroxyl groups is 1. The van der Waals surface area contributed by atoms with Gasteiger partial charge in [0.25, 0.3) is 0 Å². The largest absolute Gasteiger partial charge is 0.497 e. The number of hydrogen-bond donors (Lipinski definition) is 3. The minimum Gasteiger partial charge on any atom is -0.497 e. The van der Waals surface area contributed by atoms with Gasteiger partial charge in [0, 0.05) is 36.1 Å². The Morgan fingerprint density at radius 2 is 1.80 bits per heavy atom. The van der Waals surface area contributed by atoms with Crippen LogP contribution < -0.4 is 15.4 Å². The van der Waals surface area contributed by atoms with Gasteiger partial charge >= 0.3 is 0 Å². The van der Waals surface area contributed by atoms with Crippen molar-refractivity contribution in [1.82, 2.24) is 0 Å². The highest BCUT2D eigenvalue weighted by Crippen LogP contribution is 2.17. The van der Waals surface area contributed by atoms with Gasteiger partial charge in [-0.1, -0.05) is 24.3 Å². The van der Waals surface area contributed by atoms with Gasteiger partial charge in [0.15, 0.2) is 0 Å². The summed E-state index contributed by atoms with van der Waals surface area (Å²) in [5.74, 6) is 0.841. The first kappa shape index (κ1) is 14.2. The van der Waals surface area contributed by atoms with Crippen molar-refractivity contribution < 1.29 is 9.84 Å². The van der Waals surface area contributed by atoms with E-state index in [-0.39, 0.29) is 6.61 Å². The fourth-order valence-electron chi connectivity index (χ4n) is 1.97. The third-order valence-corrected chi connectivity index (χ3v) is 3.03. The molecule has 0 spiro atoms. The molecule has 4 nitrogen and oxygen atoms in total. The molecule has 0 aromatic heterocycles. The third-order valence-electron chi connectivity index (χ3n) is 3.03. The second kappa shape index (κ2) is 7.40. The molecule has 0 aliphatic carbocycles. The monoisotopic (exact) mass is 272 g/mol. The summed E-state index contributed by atoms with van der Waals surface area (Å²) in [6.07, 6.45) is 0. The Bertz CT molecular complexity index is 544. The van der Waals surface area contributed by atoms with Crippen LogP contribution in [-0.4, -0.2) is 25.3 Å². The molecule has 0 radical (unpaired) electrons. The van der Waals surface area contributed by atoms with E-state index in [0.717, 1.165) is 35.8 Å². The number of anilines is 2. The second-order valence-corrected chi connectivity index (χ2v) is 4.40. The molecule has 106 valence electrons. The summed E-state index contributed by atoms with van der Waals surface area (Å²) in [7, 11) is 1.66. The summed E-state index contributed by atoms with van der Waals surface area (Å²) in [5.41, 5.74) is 2.91. The van der Waals surface area contributed by atoms with Gasteiger partial charge in [-0.05, 0) is 18.2 Å². The molecule has 2 aromatic carbocycles. The maximum Gasteiger partial charge on any atom is 0.120 e. The molecule has 4 heteroatoms. The fourth-order valence-corrected chi connectivity index (χ4v) is 1.97. The van der Waals surface area contributed by atoms with E-state index in [0.29, 0.717) is 0 Å². The standard InChI is InChI=1S/C16H20N2O2/c1-20-15-7-4-6-14(11-15)17-9-10-18-16-8-3-2-5-13(16)12-19/h2-8,11,17-19H,9-10,12H2,1H3. The number of rotatable bonds is 7. The van der Waals surface area contributed by atoms with Gasteiger partial charge in [-0.2, -0.15) is 0 Å². The lowest BCUT2D eigenvalue weighted by atomic mass is 10.2. The molecule has 0 amide bonds. The molecule has 20 heavy (non-hydrogen) atoms. The van der Waals surface area contributed by atoms with Gasteiger partial charge in [0.05, 0.1) is 13.7 Å². The Balaban J connectivity index is 1.81. The van der Waals surface area contributed by atoms with Crippen molar-refractivity contribution in [3.63, 3.8) is 0 Å². The molecule has 3 N–H and O–H groups in total. The minimum absolute atomic E-state index is 0.0481. The van der Waals surface area contributed by atoms with Crippen LogP contribution in [0.5, 0.6) is 5.75 Å². The summed E-state index contributed by atoms with van der Waals surface area (Å²) in [4.78, 5) is 0. The highest BCUT2D eigenvalue weighted by atomic mass is 16.5. The predicted octanol–water partition coefficient (Wildman–Crippen LogP) is 2.71. The van der Waals surface area contributed by atoms with E-state index in [1.165, 1.54) is 0 Å². The lowest BCUT2D eigenvalue weighted by molar-refractivity contribution is 0.282. The summed E-state index contributed by atoms with van der Waals surface area (Å²) < 4.78 is 5.18. The van der Waals surface area contributed by atoms with Gasteiger partial charge in [-0.15, -0.1) is 0 Å². The van der Waals surface area contributed by atoms with Crippen molar-refractivity contribution in [3.8, 4) is 5.75 Å². The van der Waals surface area contributed by atoms with Crippen molar-refractivity contribution in [1.29, 1.82) is 0 Å². The molecular weight excluding hydrogens is 252 g/mol. The van der Waals surface area contributed by atoms with Crippen LogP contribution in [0, 0.1) is 0 Å². The summed E-state index contributed by atoms with van der Waals surface area (Å²) in [6, 6.07) is 15.6. The van der Waals surface area contributed by atoms with Crippen molar-refractivity contribution in [2.75, 3.05) is 30.8 Å². The first-order chi connectivity index (χ1) is 9.83. The van der Waals surface area contributed by atoms with Crippen molar-refractivity contribution in [2.24, 2.45) is 0 Å². The van der Waals surface area contributed by atoms with Crippen LogP contribution in [0.1, 0.15) is 5.56 Å². The highest BCUT2D eigenvalue weighted by Gasteiger charge is 1.99. The topological polar surface area (TPSA) is 53.5 Å². The van der Waals surface area contributed by atoms with Crippen LogP contribution in [0.2, 0.25) is 0 Å². The fraction of sp³-hybridized carbons (Fsp3) is 0.250. The predicted molar refractivity (Wildman–Crippen MR) is 82.3 cm³/mol. The number of benzene rings is 2. The van der Waals surface area contributed by atoms with Gasteiger partial charge < -0.3 is 20.5 Å². The molecule has 0 heterocycles. The number of para-hydroxylation sites is 1. The van der Waals surface area contributed by atoms with Gasteiger partial charge in [0.1, 0.15) is 5.75 Å². The smallest absolute Gasteiger partial charge is 0.120 e. The van der Waals surface area contributed by atoms with E-state index in [9.17, 15) is 5.11 Å². The van der Waals surface area contributed by atoms with E-state index in [4.69, 9.17) is 4.74 Å². The number of methoxy groups -OCH3 is 1. The zero-order valence-corrected chi connectivity index (χ0v) is 11.6. The quantitative estimate of drug-likeness (QED) is 0.678. The molecule has 0 unspecified atom stereocenters. The zero-order valence-electron chi connectivity index (χ0n) is 11.6. The molecule has 0 fully saturated rings. The van der Waals surface area contributed by atoms with Crippen LogP contribution >= 0.6 is 0 Å². The number of aliphatic hydroxyl groups excluding tert-OH is 1. The first-order valence-electron chi connectivity index (χ1n) is 6.64. The van der Waals surface area contributed by atoms with Crippen molar-refractivity contribution in [3.05, 3.63) is 54.1 Å². The molecule has 2 rings (SSSR count). The molecule has 0 saturated carbocycles. The van der Waals surface area contributed by atoms with E-state index in [1.807, 2.05) is 48.5 Å². The van der Waals surface area contributed by atoms with E-state index < -0.39 is 0 Å². The van der Waals surface area contributed by atoms with Crippen LogP contribution in [0.4, 0.5) is 11.4 Å². The van der Waals surface area contributed by atoms with Crippen molar-refractivity contribution >= 4 is 11.4 Å². The summed E-state index contributed by atoms with van der Waals surface area (Å²) >= 11 is 0. The highest BCUT2D eigenvalue weighted by molar-refractivity contribution is 5.51. The first-order valence-corrected chi connectivity index (χ1v) is 6.64. The van der Waals surface area contributed by atoms with Crippen LogP contribution in [0.15, 0.2) is 48.5 Å². The SMILES string of the molecule is COc1cccc(NCCNc2ccccc2CO)c1. The van der Waals surface area contributed by atoms with Crippen molar-refractivity contribution in [2.45, 2.75) is 6.61 Å². The Morgan fingerprint density at radius 1 is 1.00 bits per heavy atom. The Hall–Kier alpha value is -2.20. The molecule has 0 saturated heterocycles. The van der Waals surface area contributed by atoms with E-state index in [1.54, 1.807) is 7.11 Å². The Morgan fingerprint density at radius 3 is 2.60 bits per heavy atom. The molecule has 0 aliphatic rings. The number of hydrogen-bond acceptors (Lipinski definition) is 4. The normalized spacial score (nSPS) is 10.1. The second-order valence-electron chi connectivity index (χ2n) is 4.40.